The van der Waals surface area contributed by atoms with Gasteiger partial charge >= 0.3 is 12.0 Å². The van der Waals surface area contributed by atoms with Gasteiger partial charge in [0, 0.05) is 33.1 Å². The summed E-state index contributed by atoms with van der Waals surface area (Å²) in [6, 6.07) is 0.0258. The lowest BCUT2D eigenvalue weighted by Crippen LogP contribution is -2.39. The van der Waals surface area contributed by atoms with Crippen LogP contribution in [0.5, 0.6) is 0 Å². The Labute approximate surface area is 89.7 Å². The highest BCUT2D eigenvalue weighted by Gasteiger charge is 2.20. The molecule has 0 aromatic heterocycles. The molecule has 1 heterocycles. The van der Waals surface area contributed by atoms with Crippen molar-refractivity contribution in [1.29, 1.82) is 0 Å². The molecular formula is C10H18N2O3. The largest absolute Gasteiger partial charge is 0.481 e. The van der Waals surface area contributed by atoms with E-state index >= 15 is 0 Å². The molecule has 2 amide bonds. The number of aliphatic carboxylic acids is 1. The summed E-state index contributed by atoms with van der Waals surface area (Å²) in [6.07, 6.45) is 2.80. The van der Waals surface area contributed by atoms with Gasteiger partial charge in [-0.25, -0.2) is 4.79 Å². The van der Waals surface area contributed by atoms with Crippen molar-refractivity contribution in [3.63, 3.8) is 0 Å². The van der Waals surface area contributed by atoms with E-state index in [0.717, 1.165) is 25.9 Å². The Morgan fingerprint density at radius 3 is 2.47 bits per heavy atom. The van der Waals surface area contributed by atoms with Crippen LogP contribution in [0.4, 0.5) is 4.79 Å². The Morgan fingerprint density at radius 2 is 1.93 bits per heavy atom. The lowest BCUT2D eigenvalue weighted by atomic mass is 10.3. The number of likely N-dealkylation sites (tertiary alicyclic amines) is 1. The summed E-state index contributed by atoms with van der Waals surface area (Å²) in [7, 11) is 1.72. The number of hydrogen-bond donors (Lipinski definition) is 1. The number of amides is 2. The molecule has 86 valence electrons. The lowest BCUT2D eigenvalue weighted by Gasteiger charge is -2.23. The summed E-state index contributed by atoms with van der Waals surface area (Å²) in [5.41, 5.74) is 0. The zero-order chi connectivity index (χ0) is 11.3. The second kappa shape index (κ2) is 5.58. The zero-order valence-electron chi connectivity index (χ0n) is 9.11. The van der Waals surface area contributed by atoms with Crippen LogP contribution < -0.4 is 0 Å². The maximum absolute atomic E-state index is 11.7. The van der Waals surface area contributed by atoms with Crippen molar-refractivity contribution in [3.05, 3.63) is 0 Å². The first kappa shape index (κ1) is 11.8. The molecule has 1 N–H and O–H groups in total. The third-order valence-corrected chi connectivity index (χ3v) is 2.59. The number of rotatable bonds is 4. The van der Waals surface area contributed by atoms with Gasteiger partial charge in [-0.05, 0) is 19.3 Å². The van der Waals surface area contributed by atoms with E-state index in [0.29, 0.717) is 13.0 Å². The summed E-state index contributed by atoms with van der Waals surface area (Å²) in [5.74, 6) is -0.808. The molecule has 0 atom stereocenters. The Balaban J connectivity index is 2.23. The third-order valence-electron chi connectivity index (χ3n) is 2.59. The first-order valence-electron chi connectivity index (χ1n) is 5.33. The maximum Gasteiger partial charge on any atom is 0.319 e. The molecule has 0 radical (unpaired) electrons. The molecule has 1 aliphatic heterocycles. The first-order valence-corrected chi connectivity index (χ1v) is 5.33. The van der Waals surface area contributed by atoms with Crippen molar-refractivity contribution in [2.75, 3.05) is 26.7 Å². The van der Waals surface area contributed by atoms with Gasteiger partial charge in [0.25, 0.3) is 0 Å². The fourth-order valence-corrected chi connectivity index (χ4v) is 1.71. The molecule has 1 rings (SSSR count). The molecule has 5 heteroatoms. The SMILES string of the molecule is CN(CCCC(=O)O)C(=O)N1CCCC1. The molecule has 0 aliphatic carbocycles. The highest BCUT2D eigenvalue weighted by atomic mass is 16.4. The van der Waals surface area contributed by atoms with Gasteiger partial charge in [-0.15, -0.1) is 0 Å². The van der Waals surface area contributed by atoms with Gasteiger partial charge in [-0.2, -0.15) is 0 Å². The number of hydrogen-bond acceptors (Lipinski definition) is 2. The second-order valence-electron chi connectivity index (χ2n) is 3.90. The molecule has 1 fully saturated rings. The van der Waals surface area contributed by atoms with Crippen LogP contribution in [0.3, 0.4) is 0 Å². The van der Waals surface area contributed by atoms with Gasteiger partial charge in [0.1, 0.15) is 0 Å². The summed E-state index contributed by atoms with van der Waals surface area (Å²) in [5, 5.41) is 8.46. The van der Waals surface area contributed by atoms with Crippen LogP contribution in [-0.2, 0) is 4.79 Å². The zero-order valence-corrected chi connectivity index (χ0v) is 9.11. The van der Waals surface area contributed by atoms with Gasteiger partial charge in [0.2, 0.25) is 0 Å². The number of nitrogens with zero attached hydrogens (tertiary/aromatic N) is 2. The predicted molar refractivity (Wildman–Crippen MR) is 55.7 cm³/mol. The van der Waals surface area contributed by atoms with Crippen molar-refractivity contribution in [2.24, 2.45) is 0 Å². The Hall–Kier alpha value is -1.26. The van der Waals surface area contributed by atoms with E-state index in [2.05, 4.69) is 0 Å². The Morgan fingerprint density at radius 1 is 1.33 bits per heavy atom. The quantitative estimate of drug-likeness (QED) is 0.759. The number of carboxylic acid groups (broad SMARTS) is 1. The Bertz CT molecular complexity index is 237. The maximum atomic E-state index is 11.7. The van der Waals surface area contributed by atoms with E-state index in [4.69, 9.17) is 5.11 Å². The smallest absolute Gasteiger partial charge is 0.319 e. The monoisotopic (exact) mass is 214 g/mol. The van der Waals surface area contributed by atoms with Crippen LogP contribution >= 0.6 is 0 Å². The predicted octanol–water partition coefficient (Wildman–Crippen LogP) is 0.999. The van der Waals surface area contributed by atoms with E-state index in [9.17, 15) is 9.59 Å². The molecular weight excluding hydrogens is 196 g/mol. The van der Waals surface area contributed by atoms with Crippen LogP contribution in [0, 0.1) is 0 Å². The van der Waals surface area contributed by atoms with E-state index in [1.54, 1.807) is 11.9 Å². The lowest BCUT2D eigenvalue weighted by molar-refractivity contribution is -0.137. The van der Waals surface area contributed by atoms with Crippen molar-refractivity contribution < 1.29 is 14.7 Å². The number of carbonyl (C=O) groups excluding carboxylic acids is 1. The normalized spacial score (nSPS) is 15.4. The number of carbonyl (C=O) groups is 2. The van der Waals surface area contributed by atoms with E-state index in [1.165, 1.54) is 0 Å². The fraction of sp³-hybridized carbons (Fsp3) is 0.800. The first-order chi connectivity index (χ1) is 7.11. The van der Waals surface area contributed by atoms with Crippen molar-refractivity contribution in [3.8, 4) is 0 Å². The van der Waals surface area contributed by atoms with Crippen LogP contribution in [0.1, 0.15) is 25.7 Å². The van der Waals surface area contributed by atoms with Crippen LogP contribution in [0.15, 0.2) is 0 Å². The molecule has 0 bridgehead atoms. The molecule has 0 spiro atoms. The van der Waals surface area contributed by atoms with E-state index < -0.39 is 5.97 Å². The van der Waals surface area contributed by atoms with Crippen molar-refractivity contribution >= 4 is 12.0 Å². The van der Waals surface area contributed by atoms with Crippen LogP contribution in [-0.4, -0.2) is 53.6 Å². The summed E-state index contributed by atoms with van der Waals surface area (Å²) < 4.78 is 0. The second-order valence-corrected chi connectivity index (χ2v) is 3.90. The highest BCUT2D eigenvalue weighted by Crippen LogP contribution is 2.10. The van der Waals surface area contributed by atoms with Crippen molar-refractivity contribution in [2.45, 2.75) is 25.7 Å². The average Bonchev–Trinajstić information content (AvgIpc) is 2.68. The average molecular weight is 214 g/mol. The van der Waals surface area contributed by atoms with Gasteiger partial charge in [0.15, 0.2) is 0 Å². The summed E-state index contributed by atoms with van der Waals surface area (Å²) >= 11 is 0. The topological polar surface area (TPSA) is 60.9 Å². The molecule has 0 saturated carbocycles. The molecule has 1 saturated heterocycles. The minimum absolute atomic E-state index is 0.0258. The van der Waals surface area contributed by atoms with Gasteiger partial charge in [-0.1, -0.05) is 0 Å². The molecule has 5 nitrogen and oxygen atoms in total. The molecule has 0 aromatic rings. The van der Waals surface area contributed by atoms with Crippen molar-refractivity contribution in [1.82, 2.24) is 9.80 Å². The van der Waals surface area contributed by atoms with E-state index in [1.807, 2.05) is 4.90 Å². The molecule has 0 unspecified atom stereocenters. The molecule has 0 aromatic carbocycles. The van der Waals surface area contributed by atoms with Crippen LogP contribution in [0.25, 0.3) is 0 Å². The summed E-state index contributed by atoms with van der Waals surface area (Å²) in [6.45, 7) is 2.19. The third kappa shape index (κ3) is 3.77. The molecule has 15 heavy (non-hydrogen) atoms. The summed E-state index contributed by atoms with van der Waals surface area (Å²) in [4.78, 5) is 25.4. The van der Waals surface area contributed by atoms with Crippen LogP contribution in [0.2, 0.25) is 0 Å². The number of carboxylic acids is 1. The fourth-order valence-electron chi connectivity index (χ4n) is 1.71. The standard InChI is InChI=1S/C10H18N2O3/c1-11(6-4-5-9(13)14)10(15)12-7-2-3-8-12/h2-8H2,1H3,(H,13,14). The molecule has 1 aliphatic rings. The van der Waals surface area contributed by atoms with Gasteiger partial charge < -0.3 is 14.9 Å². The highest BCUT2D eigenvalue weighted by molar-refractivity contribution is 5.74. The van der Waals surface area contributed by atoms with Gasteiger partial charge in [0.05, 0.1) is 0 Å². The Kier molecular flexibility index (Phi) is 4.39. The minimum Gasteiger partial charge on any atom is -0.481 e. The number of urea groups is 1. The van der Waals surface area contributed by atoms with Gasteiger partial charge in [-0.3, -0.25) is 4.79 Å². The van der Waals surface area contributed by atoms with E-state index in [-0.39, 0.29) is 12.5 Å². The minimum atomic E-state index is -0.808.